The molecule has 282 valence electrons. The summed E-state index contributed by atoms with van der Waals surface area (Å²) in [4.78, 5) is 64.6. The smallest absolute Gasteiger partial charge is 0.253 e. The Labute approximate surface area is 308 Å². The van der Waals surface area contributed by atoms with Gasteiger partial charge in [-0.3, -0.25) is 33.6 Å². The van der Waals surface area contributed by atoms with Crippen molar-refractivity contribution < 1.29 is 38.2 Å². The van der Waals surface area contributed by atoms with Gasteiger partial charge in [-0.2, -0.15) is 0 Å². The third kappa shape index (κ3) is 10.1. The molecule has 1 aromatic heterocycles. The van der Waals surface area contributed by atoms with Gasteiger partial charge in [-0.15, -0.1) is 5.10 Å². The lowest BCUT2D eigenvalue weighted by Gasteiger charge is -2.28. The number of methoxy groups -OCH3 is 2. The van der Waals surface area contributed by atoms with Gasteiger partial charge in [-0.1, -0.05) is 45.0 Å². The maximum atomic E-state index is 13.2. The highest BCUT2D eigenvalue weighted by Crippen LogP contribution is 2.36. The van der Waals surface area contributed by atoms with Crippen molar-refractivity contribution in [2.75, 3.05) is 57.3 Å². The van der Waals surface area contributed by atoms with Crippen molar-refractivity contribution >= 4 is 40.9 Å². The van der Waals surface area contributed by atoms with E-state index in [1.54, 1.807) is 47.0 Å². The number of aromatic nitrogens is 3. The normalized spacial score (nSPS) is 16.0. The fourth-order valence-corrected chi connectivity index (χ4v) is 6.19. The van der Waals surface area contributed by atoms with Crippen molar-refractivity contribution in [1.82, 2.24) is 25.2 Å². The number of benzene rings is 2. The van der Waals surface area contributed by atoms with Crippen LogP contribution in [0.3, 0.4) is 0 Å². The quantitative estimate of drug-likeness (QED) is 0.196. The van der Waals surface area contributed by atoms with E-state index < -0.39 is 11.3 Å². The van der Waals surface area contributed by atoms with Gasteiger partial charge in [0, 0.05) is 73.9 Å². The Morgan fingerprint density at radius 1 is 0.925 bits per heavy atom. The van der Waals surface area contributed by atoms with E-state index in [2.05, 4.69) is 34.8 Å². The highest BCUT2D eigenvalue weighted by molar-refractivity contribution is 6.12. The molecule has 1 atom stereocenters. The van der Waals surface area contributed by atoms with Gasteiger partial charge in [0.15, 0.2) is 0 Å². The van der Waals surface area contributed by atoms with Crippen molar-refractivity contribution in [3.8, 4) is 22.8 Å². The van der Waals surface area contributed by atoms with Crippen LogP contribution in [0.5, 0.6) is 11.5 Å². The fraction of sp³-hybridized carbons (Fsp3) is 0.447. The van der Waals surface area contributed by atoms with Crippen molar-refractivity contribution in [2.45, 2.75) is 47.1 Å². The largest absolute Gasteiger partial charge is 0.497 e. The van der Waals surface area contributed by atoms with Gasteiger partial charge in [0.1, 0.15) is 17.2 Å². The number of carbonyl (C=O) groups is 5. The third-order valence-corrected chi connectivity index (χ3v) is 8.93. The molecule has 2 N–H and O–H groups in total. The zero-order valence-corrected chi connectivity index (χ0v) is 31.0. The van der Waals surface area contributed by atoms with Crippen LogP contribution in [-0.4, -0.2) is 96.5 Å². The molecule has 0 spiro atoms. The minimum atomic E-state index is -0.536. The van der Waals surface area contributed by atoms with Crippen LogP contribution < -0.4 is 25.0 Å². The zero-order valence-electron chi connectivity index (χ0n) is 31.0. The number of nitrogens with one attached hydrogen (secondary N) is 2. The molecule has 3 heterocycles. The van der Waals surface area contributed by atoms with Crippen LogP contribution in [0.25, 0.3) is 11.3 Å². The molecule has 1 saturated heterocycles. The van der Waals surface area contributed by atoms with E-state index >= 15 is 0 Å². The van der Waals surface area contributed by atoms with Crippen LogP contribution in [0.15, 0.2) is 60.8 Å². The van der Waals surface area contributed by atoms with E-state index in [0.717, 1.165) is 10.5 Å². The predicted octanol–water partition coefficient (Wildman–Crippen LogP) is 3.45. The summed E-state index contributed by atoms with van der Waals surface area (Å²) in [6.07, 6.45) is 4.60. The second-order valence-corrected chi connectivity index (χ2v) is 14.8. The maximum absolute atomic E-state index is 13.2. The van der Waals surface area contributed by atoms with E-state index in [4.69, 9.17) is 14.2 Å². The van der Waals surface area contributed by atoms with E-state index in [9.17, 15) is 24.0 Å². The highest BCUT2D eigenvalue weighted by atomic mass is 16.5. The summed E-state index contributed by atoms with van der Waals surface area (Å²) in [5.41, 5.74) is 1.92. The number of nitrogens with zero attached hydrogens (tertiary/aromatic N) is 5. The Hall–Kier alpha value is -5.57. The van der Waals surface area contributed by atoms with Gasteiger partial charge >= 0.3 is 0 Å². The average Bonchev–Trinajstić information content (AvgIpc) is 3.82. The molecule has 5 amide bonds. The summed E-state index contributed by atoms with van der Waals surface area (Å²) < 4.78 is 18.6. The van der Waals surface area contributed by atoms with Crippen LogP contribution >= 0.6 is 0 Å². The zero-order chi connectivity index (χ0) is 38.3. The predicted molar refractivity (Wildman–Crippen MR) is 196 cm³/mol. The van der Waals surface area contributed by atoms with Crippen molar-refractivity contribution in [3.05, 3.63) is 60.8 Å². The lowest BCUT2D eigenvalue weighted by molar-refractivity contribution is -0.137. The Bertz CT molecular complexity index is 1850. The van der Waals surface area contributed by atoms with Crippen LogP contribution in [-0.2, 0) is 35.3 Å². The van der Waals surface area contributed by atoms with Gasteiger partial charge in [-0.25, -0.2) is 0 Å². The molecule has 2 aliphatic rings. The number of imide groups is 1. The molecule has 53 heavy (non-hydrogen) atoms. The monoisotopic (exact) mass is 729 g/mol. The number of amides is 5. The van der Waals surface area contributed by atoms with Gasteiger partial charge in [-0.05, 0) is 29.7 Å². The number of hydrogen-bond acceptors (Lipinski definition) is 10. The molecule has 0 radical (unpaired) electrons. The average molecular weight is 730 g/mol. The van der Waals surface area contributed by atoms with Gasteiger partial charge in [0.05, 0.1) is 45.2 Å². The second-order valence-electron chi connectivity index (χ2n) is 14.8. The molecular weight excluding hydrogens is 682 g/mol. The summed E-state index contributed by atoms with van der Waals surface area (Å²) >= 11 is 0. The fourth-order valence-electron chi connectivity index (χ4n) is 6.19. The molecule has 15 heteroatoms. The first kappa shape index (κ1) is 38.7. The number of rotatable bonds is 17. The third-order valence-electron chi connectivity index (χ3n) is 8.93. The van der Waals surface area contributed by atoms with Crippen molar-refractivity contribution in [2.24, 2.45) is 16.7 Å². The Morgan fingerprint density at radius 2 is 1.62 bits per heavy atom. The standard InChI is InChI=1S/C38H47N7O8/c1-37(2,19-32(46)39-15-16-44-33(47)13-14-34(44)48)23-53-24-38(3,4)22-43-21-29(41-42-43)25-7-9-27(10-8-25)40-36(50)26-17-35(49)45(20-26)30-18-28(51-5)11-12-31(30)52-6/h7-14,18,21,26H,15-17,19-20,22-24H2,1-6H3,(H,39,46)(H,40,50). The number of carbonyl (C=O) groups excluding carboxylic acids is 5. The number of ether oxygens (including phenoxy) is 3. The molecule has 2 aliphatic heterocycles. The molecule has 1 fully saturated rings. The summed E-state index contributed by atoms with van der Waals surface area (Å²) in [7, 11) is 3.08. The Kier molecular flexibility index (Phi) is 12.0. The first-order valence-electron chi connectivity index (χ1n) is 17.4. The summed E-state index contributed by atoms with van der Waals surface area (Å²) in [5.74, 6) is -0.778. The Morgan fingerprint density at radius 3 is 2.30 bits per heavy atom. The molecule has 2 aromatic carbocycles. The number of anilines is 2. The lowest BCUT2D eigenvalue weighted by Crippen LogP contribution is -2.39. The van der Waals surface area contributed by atoms with E-state index in [0.29, 0.717) is 48.3 Å². The van der Waals surface area contributed by atoms with Crippen molar-refractivity contribution in [3.63, 3.8) is 0 Å². The van der Waals surface area contributed by atoms with Crippen LogP contribution in [0.1, 0.15) is 40.5 Å². The molecule has 15 nitrogen and oxygen atoms in total. The molecule has 0 bridgehead atoms. The summed E-state index contributed by atoms with van der Waals surface area (Å²) in [5, 5.41) is 14.4. The van der Waals surface area contributed by atoms with Gasteiger partial charge in [0.25, 0.3) is 11.8 Å². The first-order valence-corrected chi connectivity index (χ1v) is 17.4. The topological polar surface area (TPSA) is 174 Å². The van der Waals surface area contributed by atoms with E-state index in [1.165, 1.54) is 19.3 Å². The highest BCUT2D eigenvalue weighted by Gasteiger charge is 2.36. The second kappa shape index (κ2) is 16.4. The van der Waals surface area contributed by atoms with Crippen LogP contribution in [0.2, 0.25) is 0 Å². The Balaban J connectivity index is 1.06. The first-order chi connectivity index (χ1) is 25.2. The molecule has 5 rings (SSSR count). The molecule has 0 aliphatic carbocycles. The minimum Gasteiger partial charge on any atom is -0.497 e. The summed E-state index contributed by atoms with van der Waals surface area (Å²) in [6, 6.07) is 12.5. The molecular formula is C38H47N7O8. The summed E-state index contributed by atoms with van der Waals surface area (Å²) in [6.45, 7) is 9.87. The van der Waals surface area contributed by atoms with Crippen LogP contribution in [0, 0.1) is 16.7 Å². The van der Waals surface area contributed by atoms with Gasteiger partial charge < -0.3 is 29.7 Å². The molecule has 1 unspecified atom stereocenters. The van der Waals surface area contributed by atoms with Crippen molar-refractivity contribution in [1.29, 1.82) is 0 Å². The van der Waals surface area contributed by atoms with E-state index in [1.807, 2.05) is 32.2 Å². The number of hydrogen-bond donors (Lipinski definition) is 2. The van der Waals surface area contributed by atoms with E-state index in [-0.39, 0.29) is 67.4 Å². The molecule has 0 saturated carbocycles. The SMILES string of the molecule is COc1ccc(OC)c(N2CC(C(=O)Nc3ccc(-c4cn(CC(C)(C)COCC(C)(C)CC(=O)NCCN5C(=O)C=CC5=O)nn4)cc3)CC2=O)c1. The lowest BCUT2D eigenvalue weighted by atomic mass is 9.89. The van der Waals surface area contributed by atoms with Gasteiger partial charge in [0.2, 0.25) is 17.7 Å². The maximum Gasteiger partial charge on any atom is 0.253 e. The van der Waals surface area contributed by atoms with Crippen LogP contribution in [0.4, 0.5) is 11.4 Å². The minimum absolute atomic E-state index is 0.0802. The molecule has 3 aromatic rings.